The maximum absolute atomic E-state index is 12.9. The summed E-state index contributed by atoms with van der Waals surface area (Å²) in [4.78, 5) is 38.4. The van der Waals surface area contributed by atoms with Crippen LogP contribution < -0.4 is 0 Å². The summed E-state index contributed by atoms with van der Waals surface area (Å²) in [7, 11) is 0. The minimum absolute atomic E-state index is 0.0738. The molecular weight excluding hydrogens is 1010 g/mol. The SMILES string of the molecule is CC/C=C\C/C=C\C/C=C\C/C=C\CCCCCCCCCCC(=O)OC(COC(=O)CCCCCCCCCCCCCC)COC(=O)CCCCCCCCCCCCCCCCCCCCC/C=C\C/C=C\CCCCCCC. The standard InChI is InChI=1S/C76H136O6/c1-4-7-10-13-16-19-22-25-27-29-31-33-34-35-36-37-38-39-40-41-42-44-45-47-49-51-54-57-60-63-66-69-75(78)81-72-73(71-80-74(77)68-65-62-59-56-53-24-21-18-15-12-9-6-3)82-76(79)70-67-64-61-58-55-52-50-48-46-43-32-30-28-26-23-20-17-14-11-8-5-2/h8,11,17,20,22,25-26,28-29,31-32,43,73H,4-7,9-10,12-16,18-19,21,23-24,27,30,33-42,44-72H2,1-3H3/b11-8-,20-17-,25-22-,28-26-,31-29-,43-32-. The second-order valence-corrected chi connectivity index (χ2v) is 24.1. The predicted molar refractivity (Wildman–Crippen MR) is 358 cm³/mol. The van der Waals surface area contributed by atoms with Crippen molar-refractivity contribution in [3.63, 3.8) is 0 Å². The van der Waals surface area contributed by atoms with Crippen LogP contribution in [0.15, 0.2) is 72.9 Å². The Balaban J connectivity index is 4.18. The topological polar surface area (TPSA) is 78.9 Å². The Bertz CT molecular complexity index is 1500. The van der Waals surface area contributed by atoms with Gasteiger partial charge in [-0.25, -0.2) is 0 Å². The van der Waals surface area contributed by atoms with E-state index in [9.17, 15) is 14.4 Å². The molecule has 476 valence electrons. The lowest BCUT2D eigenvalue weighted by atomic mass is 10.0. The number of unbranched alkanes of at least 4 members (excludes halogenated alkanes) is 43. The van der Waals surface area contributed by atoms with Crippen molar-refractivity contribution in [2.45, 2.75) is 380 Å². The summed E-state index contributed by atoms with van der Waals surface area (Å²) in [5.74, 6) is -0.860. The monoisotopic (exact) mass is 1150 g/mol. The van der Waals surface area contributed by atoms with Gasteiger partial charge in [-0.05, 0) is 89.9 Å². The number of ether oxygens (including phenoxy) is 3. The lowest BCUT2D eigenvalue weighted by Gasteiger charge is -2.18. The van der Waals surface area contributed by atoms with Crippen LogP contribution in [0.2, 0.25) is 0 Å². The molecule has 0 spiro atoms. The van der Waals surface area contributed by atoms with Crippen molar-refractivity contribution in [1.82, 2.24) is 0 Å². The summed E-state index contributed by atoms with van der Waals surface area (Å²) in [5.41, 5.74) is 0. The second kappa shape index (κ2) is 70.3. The summed E-state index contributed by atoms with van der Waals surface area (Å²) >= 11 is 0. The highest BCUT2D eigenvalue weighted by Gasteiger charge is 2.19. The molecule has 0 N–H and O–H groups in total. The third-order valence-electron chi connectivity index (χ3n) is 15.9. The number of hydrogen-bond donors (Lipinski definition) is 0. The van der Waals surface area contributed by atoms with Crippen LogP contribution in [0.4, 0.5) is 0 Å². The van der Waals surface area contributed by atoms with Gasteiger partial charge in [-0.3, -0.25) is 14.4 Å². The number of rotatable bonds is 66. The van der Waals surface area contributed by atoms with Crippen LogP contribution in [0.5, 0.6) is 0 Å². The Labute approximate surface area is 510 Å². The van der Waals surface area contributed by atoms with Gasteiger partial charge in [0.15, 0.2) is 6.10 Å². The van der Waals surface area contributed by atoms with Crippen LogP contribution in [0, 0.1) is 0 Å². The van der Waals surface area contributed by atoms with Crippen LogP contribution in [-0.4, -0.2) is 37.2 Å². The molecule has 6 heteroatoms. The van der Waals surface area contributed by atoms with E-state index < -0.39 is 6.10 Å². The Morgan fingerprint density at radius 2 is 0.476 bits per heavy atom. The number of carbonyl (C=O) groups is 3. The molecule has 0 saturated carbocycles. The Kier molecular flexibility index (Phi) is 67.6. The fourth-order valence-electron chi connectivity index (χ4n) is 10.6. The van der Waals surface area contributed by atoms with E-state index in [1.807, 2.05) is 0 Å². The van der Waals surface area contributed by atoms with Crippen molar-refractivity contribution in [1.29, 1.82) is 0 Å². The van der Waals surface area contributed by atoms with Crippen LogP contribution in [0.3, 0.4) is 0 Å². The van der Waals surface area contributed by atoms with Crippen LogP contribution in [0.25, 0.3) is 0 Å². The molecule has 0 rings (SSSR count). The molecule has 1 unspecified atom stereocenters. The summed E-state index contributed by atoms with van der Waals surface area (Å²) in [6.07, 6.45) is 92.3. The predicted octanol–water partition coefficient (Wildman–Crippen LogP) is 24.8. The lowest BCUT2D eigenvalue weighted by molar-refractivity contribution is -0.167. The molecule has 82 heavy (non-hydrogen) atoms. The smallest absolute Gasteiger partial charge is 0.306 e. The summed E-state index contributed by atoms with van der Waals surface area (Å²) < 4.78 is 17.0. The largest absolute Gasteiger partial charge is 0.462 e. The fraction of sp³-hybridized carbons (Fsp3) is 0.803. The van der Waals surface area contributed by atoms with Crippen LogP contribution in [0.1, 0.15) is 374 Å². The van der Waals surface area contributed by atoms with E-state index in [1.54, 1.807) is 0 Å². The summed E-state index contributed by atoms with van der Waals surface area (Å²) in [5, 5.41) is 0. The van der Waals surface area contributed by atoms with E-state index in [4.69, 9.17) is 14.2 Å². The number of esters is 3. The van der Waals surface area contributed by atoms with Gasteiger partial charge in [0.1, 0.15) is 13.2 Å². The third kappa shape index (κ3) is 67.6. The van der Waals surface area contributed by atoms with E-state index in [0.717, 1.165) is 96.3 Å². The molecule has 0 aromatic carbocycles. The van der Waals surface area contributed by atoms with Gasteiger partial charge in [-0.15, -0.1) is 0 Å². The van der Waals surface area contributed by atoms with Crippen LogP contribution >= 0.6 is 0 Å². The van der Waals surface area contributed by atoms with Gasteiger partial charge >= 0.3 is 17.9 Å². The molecule has 0 bridgehead atoms. The van der Waals surface area contributed by atoms with Crippen molar-refractivity contribution in [3.8, 4) is 0 Å². The van der Waals surface area contributed by atoms with E-state index in [1.165, 1.54) is 238 Å². The fourth-order valence-corrected chi connectivity index (χ4v) is 10.6. The highest BCUT2D eigenvalue weighted by atomic mass is 16.6. The van der Waals surface area contributed by atoms with Gasteiger partial charge in [0.25, 0.3) is 0 Å². The van der Waals surface area contributed by atoms with Crippen molar-refractivity contribution < 1.29 is 28.6 Å². The summed E-state index contributed by atoms with van der Waals surface area (Å²) in [6.45, 7) is 6.56. The molecule has 0 aromatic rings. The molecule has 6 nitrogen and oxygen atoms in total. The highest BCUT2D eigenvalue weighted by molar-refractivity contribution is 5.71. The number of allylic oxidation sites excluding steroid dienone is 12. The first kappa shape index (κ1) is 78.8. The summed E-state index contributed by atoms with van der Waals surface area (Å²) in [6, 6.07) is 0. The molecule has 0 amide bonds. The van der Waals surface area contributed by atoms with Gasteiger partial charge in [0.2, 0.25) is 0 Å². The van der Waals surface area contributed by atoms with Gasteiger partial charge < -0.3 is 14.2 Å². The van der Waals surface area contributed by atoms with Crippen molar-refractivity contribution in [3.05, 3.63) is 72.9 Å². The lowest BCUT2D eigenvalue weighted by Crippen LogP contribution is -2.30. The zero-order valence-corrected chi connectivity index (χ0v) is 54.8. The molecule has 0 aliphatic heterocycles. The Morgan fingerprint density at radius 3 is 0.744 bits per heavy atom. The maximum Gasteiger partial charge on any atom is 0.306 e. The van der Waals surface area contributed by atoms with E-state index in [2.05, 4.69) is 93.7 Å². The van der Waals surface area contributed by atoms with E-state index in [0.29, 0.717) is 19.3 Å². The molecule has 0 fully saturated rings. The highest BCUT2D eigenvalue weighted by Crippen LogP contribution is 2.18. The van der Waals surface area contributed by atoms with Crippen LogP contribution in [-0.2, 0) is 28.6 Å². The van der Waals surface area contributed by atoms with Gasteiger partial charge in [-0.2, -0.15) is 0 Å². The Morgan fingerprint density at radius 1 is 0.256 bits per heavy atom. The van der Waals surface area contributed by atoms with E-state index in [-0.39, 0.29) is 31.1 Å². The third-order valence-corrected chi connectivity index (χ3v) is 15.9. The zero-order chi connectivity index (χ0) is 59.2. The molecular formula is C76H136O6. The quantitative estimate of drug-likeness (QED) is 0.0261. The van der Waals surface area contributed by atoms with Gasteiger partial charge in [0, 0.05) is 19.3 Å². The number of carbonyl (C=O) groups excluding carboxylic acids is 3. The first-order valence-electron chi connectivity index (χ1n) is 35.9. The minimum Gasteiger partial charge on any atom is -0.462 e. The first-order chi connectivity index (χ1) is 40.5. The second-order valence-electron chi connectivity index (χ2n) is 24.1. The van der Waals surface area contributed by atoms with Gasteiger partial charge in [0.05, 0.1) is 0 Å². The average molecular weight is 1150 g/mol. The molecule has 0 aliphatic rings. The Hall–Kier alpha value is -3.15. The molecule has 0 radical (unpaired) electrons. The molecule has 0 heterocycles. The van der Waals surface area contributed by atoms with Crippen molar-refractivity contribution >= 4 is 17.9 Å². The van der Waals surface area contributed by atoms with E-state index >= 15 is 0 Å². The molecule has 0 aromatic heterocycles. The average Bonchev–Trinajstić information content (AvgIpc) is 3.47. The zero-order valence-electron chi connectivity index (χ0n) is 54.8. The molecule has 0 saturated heterocycles. The number of hydrogen-bond acceptors (Lipinski definition) is 6. The molecule has 1 atom stereocenters. The normalized spacial score (nSPS) is 12.5. The molecule has 0 aliphatic carbocycles. The maximum atomic E-state index is 12.9. The van der Waals surface area contributed by atoms with Gasteiger partial charge in [-0.1, -0.05) is 338 Å². The first-order valence-corrected chi connectivity index (χ1v) is 35.9. The van der Waals surface area contributed by atoms with Crippen molar-refractivity contribution in [2.75, 3.05) is 13.2 Å². The minimum atomic E-state index is -0.778. The van der Waals surface area contributed by atoms with Crippen molar-refractivity contribution in [2.24, 2.45) is 0 Å².